The molecule has 5 aromatic rings. The number of nitrogens with zero attached hydrogens (tertiary/aromatic N) is 7. The summed E-state index contributed by atoms with van der Waals surface area (Å²) in [4.78, 5) is 20.2. The van der Waals surface area contributed by atoms with E-state index in [0.29, 0.717) is 5.82 Å². The monoisotopic (exact) mass is 494 g/mol. The summed E-state index contributed by atoms with van der Waals surface area (Å²) < 4.78 is 3.90. The second-order valence-corrected chi connectivity index (χ2v) is 9.64. The molecule has 9 heteroatoms. The molecular weight excluding hydrogens is 464 g/mol. The lowest BCUT2D eigenvalue weighted by Crippen LogP contribution is -2.48. The highest BCUT2D eigenvalue weighted by Gasteiger charge is 2.20. The zero-order valence-electron chi connectivity index (χ0n) is 20.9. The fourth-order valence-electron chi connectivity index (χ4n) is 5.18. The van der Waals surface area contributed by atoms with Crippen molar-refractivity contribution in [3.8, 4) is 11.1 Å². The molecule has 188 valence electrons. The second-order valence-electron chi connectivity index (χ2n) is 9.64. The Balaban J connectivity index is 1.27. The van der Waals surface area contributed by atoms with E-state index in [2.05, 4.69) is 57.6 Å². The summed E-state index contributed by atoms with van der Waals surface area (Å²) in [5.74, 6) is 0.608. The minimum absolute atomic E-state index is 0.149. The summed E-state index contributed by atoms with van der Waals surface area (Å²) >= 11 is 0. The van der Waals surface area contributed by atoms with Crippen LogP contribution in [-0.4, -0.2) is 72.8 Å². The second kappa shape index (κ2) is 9.67. The minimum Gasteiger partial charge on any atom is -0.382 e. The fourth-order valence-corrected chi connectivity index (χ4v) is 5.18. The van der Waals surface area contributed by atoms with Crippen LogP contribution in [0.3, 0.4) is 0 Å². The molecule has 0 unspecified atom stereocenters. The summed E-state index contributed by atoms with van der Waals surface area (Å²) in [6.45, 7) is 6.59. The van der Waals surface area contributed by atoms with Crippen molar-refractivity contribution in [2.45, 2.75) is 19.9 Å². The minimum atomic E-state index is 0.149. The molecule has 0 bridgehead atoms. The predicted octanol–water partition coefficient (Wildman–Crippen LogP) is 3.08. The van der Waals surface area contributed by atoms with Crippen LogP contribution in [0.4, 0.5) is 5.82 Å². The third kappa shape index (κ3) is 4.65. The van der Waals surface area contributed by atoms with E-state index in [1.54, 1.807) is 6.92 Å². The number of piperazine rings is 1. The van der Waals surface area contributed by atoms with Crippen molar-refractivity contribution < 1.29 is 4.79 Å². The first-order valence-electron chi connectivity index (χ1n) is 12.7. The Kier molecular flexibility index (Phi) is 6.05. The highest BCUT2D eigenvalue weighted by atomic mass is 16.2. The quantitative estimate of drug-likeness (QED) is 0.390. The summed E-state index contributed by atoms with van der Waals surface area (Å²) in [6, 6.07) is 18.8. The van der Waals surface area contributed by atoms with Crippen molar-refractivity contribution >= 4 is 28.1 Å². The van der Waals surface area contributed by atoms with E-state index >= 15 is 0 Å². The first kappa shape index (κ1) is 23.2. The van der Waals surface area contributed by atoms with Crippen molar-refractivity contribution in [3.05, 3.63) is 78.4 Å². The molecule has 1 aliphatic rings. The lowest BCUT2D eigenvalue weighted by Gasteiger charge is -2.34. The van der Waals surface area contributed by atoms with E-state index in [4.69, 9.17) is 10.8 Å². The molecular formula is C28H30N8O. The van der Waals surface area contributed by atoms with Gasteiger partial charge in [-0.3, -0.25) is 14.4 Å². The number of benzene rings is 2. The third-order valence-electron chi connectivity index (χ3n) is 7.21. The molecule has 2 N–H and O–H groups in total. The van der Waals surface area contributed by atoms with Gasteiger partial charge in [-0.15, -0.1) is 0 Å². The first-order chi connectivity index (χ1) is 18.0. The zero-order valence-corrected chi connectivity index (χ0v) is 20.9. The van der Waals surface area contributed by atoms with Gasteiger partial charge in [0.1, 0.15) is 11.8 Å². The average Bonchev–Trinajstić information content (AvgIpc) is 3.49. The zero-order chi connectivity index (χ0) is 25.4. The number of carbonyl (C=O) groups is 1. The molecule has 3 aromatic heterocycles. The van der Waals surface area contributed by atoms with Crippen LogP contribution in [0.1, 0.15) is 18.2 Å². The first-order valence-corrected chi connectivity index (χ1v) is 12.7. The van der Waals surface area contributed by atoms with Crippen molar-refractivity contribution in [2.75, 3.05) is 38.5 Å². The lowest BCUT2D eigenvalue weighted by atomic mass is 10.0. The maximum atomic E-state index is 11.6. The van der Waals surface area contributed by atoms with Crippen molar-refractivity contribution in [1.29, 1.82) is 0 Å². The van der Waals surface area contributed by atoms with Crippen LogP contribution in [0.15, 0.2) is 67.1 Å². The van der Waals surface area contributed by atoms with Gasteiger partial charge < -0.3 is 10.6 Å². The Morgan fingerprint density at radius 1 is 1.03 bits per heavy atom. The smallest absolute Gasteiger partial charge is 0.219 e. The van der Waals surface area contributed by atoms with Crippen LogP contribution in [0, 0.1) is 0 Å². The molecule has 2 aromatic carbocycles. The molecule has 1 fully saturated rings. The molecule has 6 rings (SSSR count). The van der Waals surface area contributed by atoms with Crippen molar-refractivity contribution in [2.24, 2.45) is 0 Å². The van der Waals surface area contributed by atoms with Gasteiger partial charge in [0.25, 0.3) is 0 Å². The average molecular weight is 495 g/mol. The van der Waals surface area contributed by atoms with Gasteiger partial charge in [0.2, 0.25) is 5.91 Å². The van der Waals surface area contributed by atoms with E-state index in [0.717, 1.165) is 78.9 Å². The highest BCUT2D eigenvalue weighted by Crippen LogP contribution is 2.32. The van der Waals surface area contributed by atoms with Crippen LogP contribution in [0.2, 0.25) is 0 Å². The number of carbonyl (C=O) groups excluding carboxylic acids is 1. The third-order valence-corrected chi connectivity index (χ3v) is 7.21. The molecule has 0 saturated carbocycles. The number of rotatable bonds is 6. The Labute approximate surface area is 215 Å². The fraction of sp³-hybridized carbons (Fsp3) is 0.286. The van der Waals surface area contributed by atoms with Crippen molar-refractivity contribution in [3.63, 3.8) is 0 Å². The summed E-state index contributed by atoms with van der Waals surface area (Å²) in [5, 5.41) is 10.5. The molecule has 1 amide bonds. The van der Waals surface area contributed by atoms with Gasteiger partial charge in [-0.1, -0.05) is 42.5 Å². The molecule has 4 heterocycles. The number of aromatic nitrogens is 5. The Morgan fingerprint density at radius 3 is 2.62 bits per heavy atom. The molecule has 9 nitrogen and oxygen atoms in total. The number of amides is 1. The topological polar surface area (TPSA) is 97.6 Å². The van der Waals surface area contributed by atoms with Crippen LogP contribution in [0.25, 0.3) is 27.5 Å². The SMILES string of the molecule is CC(=O)N1CCN(CCc2cc(-c3ccc4cn(Cc5ccccc5)nc4c3)c3c(N)ncnn23)CC1. The van der Waals surface area contributed by atoms with E-state index in [1.165, 1.54) is 11.9 Å². The van der Waals surface area contributed by atoms with E-state index in [-0.39, 0.29) is 5.91 Å². The number of hydrogen-bond donors (Lipinski definition) is 1. The normalized spacial score (nSPS) is 14.6. The maximum Gasteiger partial charge on any atom is 0.219 e. The van der Waals surface area contributed by atoms with E-state index < -0.39 is 0 Å². The number of hydrogen-bond acceptors (Lipinski definition) is 6. The summed E-state index contributed by atoms with van der Waals surface area (Å²) in [5.41, 5.74) is 12.5. The van der Waals surface area contributed by atoms with Gasteiger partial charge in [0, 0.05) is 68.9 Å². The number of nitrogen functional groups attached to an aromatic ring is 1. The van der Waals surface area contributed by atoms with Crippen LogP contribution in [-0.2, 0) is 17.8 Å². The van der Waals surface area contributed by atoms with Gasteiger partial charge in [0.15, 0.2) is 5.82 Å². The predicted molar refractivity (Wildman–Crippen MR) is 144 cm³/mol. The molecule has 0 spiro atoms. The molecule has 1 aliphatic heterocycles. The van der Waals surface area contributed by atoms with Gasteiger partial charge in [0.05, 0.1) is 12.1 Å². The highest BCUT2D eigenvalue weighted by molar-refractivity contribution is 5.92. The number of anilines is 1. The molecule has 0 radical (unpaired) electrons. The largest absolute Gasteiger partial charge is 0.382 e. The summed E-state index contributed by atoms with van der Waals surface area (Å²) in [6.07, 6.45) is 4.42. The molecule has 0 aliphatic carbocycles. The maximum absolute atomic E-state index is 11.6. The Hall–Kier alpha value is -4.24. The number of fused-ring (bicyclic) bond motifs is 2. The van der Waals surface area contributed by atoms with Crippen LogP contribution < -0.4 is 5.73 Å². The summed E-state index contributed by atoms with van der Waals surface area (Å²) in [7, 11) is 0. The number of nitrogens with two attached hydrogens (primary N) is 1. The standard InChI is InChI=1S/C28H30N8O/c1-20(37)34-13-11-33(12-14-34)10-9-24-16-25(27-28(29)30-19-31-36(24)27)22-7-8-23-18-35(32-26(23)15-22)17-21-5-3-2-4-6-21/h2-8,15-16,18-19H,9-14,17H2,1H3,(H2,29,30,31). The molecule has 0 atom stereocenters. The van der Waals surface area contributed by atoms with Gasteiger partial charge in [-0.05, 0) is 23.3 Å². The Bertz CT molecular complexity index is 1560. The Morgan fingerprint density at radius 2 is 1.84 bits per heavy atom. The van der Waals surface area contributed by atoms with Gasteiger partial charge >= 0.3 is 0 Å². The molecule has 37 heavy (non-hydrogen) atoms. The van der Waals surface area contributed by atoms with E-state index in [1.807, 2.05) is 32.3 Å². The van der Waals surface area contributed by atoms with Crippen LogP contribution in [0.5, 0.6) is 0 Å². The molecule has 1 saturated heterocycles. The van der Waals surface area contributed by atoms with E-state index in [9.17, 15) is 4.79 Å². The van der Waals surface area contributed by atoms with Crippen LogP contribution >= 0.6 is 0 Å². The van der Waals surface area contributed by atoms with Gasteiger partial charge in [-0.2, -0.15) is 10.2 Å². The van der Waals surface area contributed by atoms with Gasteiger partial charge in [-0.25, -0.2) is 9.50 Å². The lowest BCUT2D eigenvalue weighted by molar-refractivity contribution is -0.130. The van der Waals surface area contributed by atoms with Crippen molar-refractivity contribution in [1.82, 2.24) is 34.2 Å².